The lowest BCUT2D eigenvalue weighted by Crippen LogP contribution is -2.13. The Morgan fingerprint density at radius 2 is 1.23 bits per heavy atom. The van der Waals surface area contributed by atoms with Crippen molar-refractivity contribution in [3.05, 3.63) is 229 Å². The van der Waals surface area contributed by atoms with Crippen LogP contribution in [0, 0.1) is 0 Å². The van der Waals surface area contributed by atoms with E-state index in [4.69, 9.17) is 9.84 Å². The third-order valence-corrected chi connectivity index (χ3v) is 11.7. The maximum absolute atomic E-state index is 14.1. The molecule has 5 aromatic carbocycles. The number of hydrogen-bond donors (Lipinski definition) is 4. The fourth-order valence-corrected chi connectivity index (χ4v) is 8.36. The lowest BCUT2D eigenvalue weighted by molar-refractivity contribution is 0.101. The monoisotopic (exact) mass is 900 g/mol. The predicted octanol–water partition coefficient (Wildman–Crippen LogP) is 11.5. The van der Waals surface area contributed by atoms with Crippen LogP contribution < -0.4 is 15.4 Å². The molecule has 0 atom stereocenters. The number of benzene rings is 5. The summed E-state index contributed by atoms with van der Waals surface area (Å²) in [7, 11) is 0. The topological polar surface area (TPSA) is 176 Å². The molecule has 0 unspecified atom stereocenters. The molecule has 0 saturated heterocycles. The Morgan fingerprint density at radius 1 is 0.478 bits per heavy atom. The Balaban J connectivity index is 0.881. The highest BCUT2D eigenvalue weighted by Crippen LogP contribution is 2.37. The molecule has 0 spiro atoms. The van der Waals surface area contributed by atoms with E-state index in [0.29, 0.717) is 68.9 Å². The molecule has 6 heterocycles. The number of aromatic nitrogens is 8. The van der Waals surface area contributed by atoms with Gasteiger partial charge in [-0.05, 0) is 107 Å². The summed E-state index contributed by atoms with van der Waals surface area (Å²) < 4.78 is 6.17. The van der Waals surface area contributed by atoms with E-state index in [9.17, 15) is 9.59 Å². The Bertz CT molecular complexity index is 3630. The van der Waals surface area contributed by atoms with E-state index in [2.05, 4.69) is 70.1 Å². The quantitative estimate of drug-likeness (QED) is 0.0877. The van der Waals surface area contributed by atoms with Gasteiger partial charge in [-0.3, -0.25) is 39.7 Å². The van der Waals surface area contributed by atoms with Gasteiger partial charge in [0.1, 0.15) is 28.4 Å². The van der Waals surface area contributed by atoms with Crippen molar-refractivity contribution < 1.29 is 14.3 Å². The number of para-hydroxylation sites is 1. The molecule has 2 amide bonds. The van der Waals surface area contributed by atoms with Crippen LogP contribution in [0.2, 0.25) is 0 Å². The van der Waals surface area contributed by atoms with E-state index in [1.165, 1.54) is 0 Å². The molecule has 13 heteroatoms. The van der Waals surface area contributed by atoms with Gasteiger partial charge in [0, 0.05) is 64.4 Å². The molecule has 13 nitrogen and oxygen atoms in total. The minimum Gasteiger partial charge on any atom is -0.456 e. The molecule has 0 saturated carbocycles. The maximum Gasteiger partial charge on any atom is 0.274 e. The second-order valence-corrected chi connectivity index (χ2v) is 16.5. The average Bonchev–Trinajstić information content (AvgIpc) is 4.03. The van der Waals surface area contributed by atoms with E-state index in [-0.39, 0.29) is 11.8 Å². The van der Waals surface area contributed by atoms with Crippen molar-refractivity contribution in [2.45, 2.75) is 12.8 Å². The highest BCUT2D eigenvalue weighted by Gasteiger charge is 2.21. The summed E-state index contributed by atoms with van der Waals surface area (Å²) in [6, 6.07) is 49.1. The van der Waals surface area contributed by atoms with E-state index in [1.54, 1.807) is 43.4 Å². The molecule has 0 bridgehead atoms. The van der Waals surface area contributed by atoms with Crippen molar-refractivity contribution in [2.24, 2.45) is 0 Å². The average molecular weight is 901 g/mol. The van der Waals surface area contributed by atoms with E-state index >= 15 is 0 Å². The molecule has 69 heavy (non-hydrogen) atoms. The zero-order valence-electron chi connectivity index (χ0n) is 36.8. The van der Waals surface area contributed by atoms with E-state index < -0.39 is 0 Å². The predicted molar refractivity (Wildman–Crippen MR) is 267 cm³/mol. The molecular weight excluding hydrogens is 861 g/mol. The van der Waals surface area contributed by atoms with Crippen molar-refractivity contribution in [1.82, 2.24) is 40.3 Å². The number of ether oxygens (including phenoxy) is 1. The van der Waals surface area contributed by atoms with Crippen molar-refractivity contribution in [3.8, 4) is 44.9 Å². The summed E-state index contributed by atoms with van der Waals surface area (Å²) in [4.78, 5) is 45.6. The minimum atomic E-state index is -0.360. The zero-order valence-corrected chi connectivity index (χ0v) is 36.8. The number of fused-ring (bicyclic) bond motifs is 2. The molecule has 0 aliphatic heterocycles. The molecule has 11 aromatic rings. The highest BCUT2D eigenvalue weighted by atomic mass is 16.5. The van der Waals surface area contributed by atoms with Gasteiger partial charge in [-0.25, -0.2) is 0 Å². The van der Waals surface area contributed by atoms with Crippen LogP contribution in [0.1, 0.15) is 43.4 Å². The van der Waals surface area contributed by atoms with Gasteiger partial charge in [0.2, 0.25) is 0 Å². The van der Waals surface area contributed by atoms with Crippen LogP contribution in [0.15, 0.2) is 195 Å². The first kappa shape index (κ1) is 42.0. The zero-order chi connectivity index (χ0) is 46.5. The van der Waals surface area contributed by atoms with Crippen LogP contribution in [0.4, 0.5) is 11.4 Å². The Labute approximate surface area is 395 Å². The third kappa shape index (κ3) is 9.28. The van der Waals surface area contributed by atoms with Crippen LogP contribution in [-0.4, -0.2) is 52.1 Å². The van der Waals surface area contributed by atoms with E-state index in [1.807, 2.05) is 127 Å². The summed E-state index contributed by atoms with van der Waals surface area (Å²) in [5.41, 5.74) is 12.1. The van der Waals surface area contributed by atoms with Crippen molar-refractivity contribution in [1.29, 1.82) is 0 Å². The maximum atomic E-state index is 14.1. The van der Waals surface area contributed by atoms with Crippen LogP contribution in [0.25, 0.3) is 55.2 Å². The van der Waals surface area contributed by atoms with Gasteiger partial charge in [-0.1, -0.05) is 84.9 Å². The number of amides is 2. The molecule has 332 valence electrons. The Hall–Kier alpha value is -9.62. The number of H-pyrrole nitrogens is 2. The molecule has 0 aliphatic carbocycles. The second-order valence-electron chi connectivity index (χ2n) is 16.5. The van der Waals surface area contributed by atoms with Crippen LogP contribution in [-0.2, 0) is 12.8 Å². The molecule has 0 aliphatic rings. The van der Waals surface area contributed by atoms with Gasteiger partial charge in [0.05, 0.1) is 35.5 Å². The van der Waals surface area contributed by atoms with Crippen LogP contribution in [0.5, 0.6) is 11.5 Å². The fraction of sp³-hybridized carbons (Fsp3) is 0.0357. The Kier molecular flexibility index (Phi) is 11.4. The SMILES string of the molecule is O=C(Nc1cncc(Cc2cccc(-c3cc(-c4cncc(Oc5ccccc5)c4)cc4c(C(=O)Nc5ccc(Cc6ccccc6)nc5)[nH]nc34)c2)c1)c1[nH]nc2ccc(-c3cccnc3)cc12. The van der Waals surface area contributed by atoms with Crippen molar-refractivity contribution in [3.63, 3.8) is 0 Å². The number of hydrogen-bond acceptors (Lipinski definition) is 9. The number of nitrogens with one attached hydrogen (secondary N) is 4. The van der Waals surface area contributed by atoms with Gasteiger partial charge in [0.25, 0.3) is 11.8 Å². The fourth-order valence-electron chi connectivity index (χ4n) is 8.36. The molecule has 6 aromatic heterocycles. The number of rotatable bonds is 13. The molecule has 0 radical (unpaired) electrons. The van der Waals surface area contributed by atoms with Gasteiger partial charge < -0.3 is 15.4 Å². The number of carbonyl (C=O) groups is 2. The lowest BCUT2D eigenvalue weighted by Gasteiger charge is -2.12. The lowest BCUT2D eigenvalue weighted by atomic mass is 9.94. The van der Waals surface area contributed by atoms with Gasteiger partial charge >= 0.3 is 0 Å². The van der Waals surface area contributed by atoms with Crippen molar-refractivity contribution >= 4 is 45.0 Å². The Morgan fingerprint density at radius 3 is 2.06 bits per heavy atom. The standard InChI is InChI=1S/C56H40N10O3/c67-55(53-49-26-38(16-19-51(49)63-65-53)40-13-8-20-57-30-40)62-45-24-37(29-58-32-45)21-36-11-7-12-39(22-36)48-27-41(42-25-47(34-59-31-42)69-46-14-5-2-6-15-46)28-50-52(48)64-66-54(50)56(68)61-44-18-17-43(60-33-44)23-35-9-3-1-4-10-35/h1-20,22,24-34H,21,23H2,(H,61,68)(H,62,67)(H,63,65)(H,64,66). The minimum absolute atomic E-state index is 0.296. The normalized spacial score (nSPS) is 11.1. The molecule has 11 rings (SSSR count). The number of anilines is 2. The first-order chi connectivity index (χ1) is 34.0. The van der Waals surface area contributed by atoms with E-state index in [0.717, 1.165) is 55.8 Å². The summed E-state index contributed by atoms with van der Waals surface area (Å²) in [6.07, 6.45) is 13.2. The smallest absolute Gasteiger partial charge is 0.274 e. The van der Waals surface area contributed by atoms with Gasteiger partial charge in [0.15, 0.2) is 0 Å². The number of carbonyl (C=O) groups excluding carboxylic acids is 2. The molecule has 0 fully saturated rings. The first-order valence-electron chi connectivity index (χ1n) is 22.2. The first-order valence-corrected chi connectivity index (χ1v) is 22.2. The largest absolute Gasteiger partial charge is 0.456 e. The summed E-state index contributed by atoms with van der Waals surface area (Å²) in [5.74, 6) is 0.557. The van der Waals surface area contributed by atoms with Crippen molar-refractivity contribution in [2.75, 3.05) is 10.6 Å². The van der Waals surface area contributed by atoms with Gasteiger partial charge in [-0.15, -0.1) is 0 Å². The number of nitrogens with zero attached hydrogens (tertiary/aromatic N) is 6. The summed E-state index contributed by atoms with van der Waals surface area (Å²) >= 11 is 0. The van der Waals surface area contributed by atoms with Gasteiger partial charge in [-0.2, -0.15) is 10.2 Å². The number of pyridine rings is 4. The summed E-state index contributed by atoms with van der Waals surface area (Å²) in [6.45, 7) is 0. The second kappa shape index (κ2) is 18.7. The highest BCUT2D eigenvalue weighted by molar-refractivity contribution is 6.14. The molecular formula is C56H40N10O3. The van der Waals surface area contributed by atoms with Crippen LogP contribution in [0.3, 0.4) is 0 Å². The summed E-state index contributed by atoms with van der Waals surface area (Å²) in [5, 5.41) is 22.4. The van der Waals surface area contributed by atoms with Crippen LogP contribution >= 0.6 is 0 Å². The third-order valence-electron chi connectivity index (χ3n) is 11.7. The number of aromatic amines is 2. The molecule has 4 N–H and O–H groups in total.